The van der Waals surface area contributed by atoms with Gasteiger partial charge in [0.2, 0.25) is 5.91 Å². The van der Waals surface area contributed by atoms with Gasteiger partial charge in [-0.2, -0.15) is 0 Å². The van der Waals surface area contributed by atoms with E-state index in [1.165, 1.54) is 12.1 Å². The molecule has 5 nitrogen and oxygen atoms in total. The lowest BCUT2D eigenvalue weighted by molar-refractivity contribution is -0.115. The highest BCUT2D eigenvalue weighted by Crippen LogP contribution is 2.29. The summed E-state index contributed by atoms with van der Waals surface area (Å²) in [6, 6.07) is 17.4. The molecule has 0 fully saturated rings. The number of aromatic nitrogens is 2. The summed E-state index contributed by atoms with van der Waals surface area (Å²) in [7, 11) is 1.60. The number of fused-ring (bicyclic) bond motifs is 1. The van der Waals surface area contributed by atoms with E-state index in [1.54, 1.807) is 23.6 Å². The Morgan fingerprint density at radius 1 is 1.14 bits per heavy atom. The molecular weight excluding hydrogens is 369 g/mol. The molecule has 2 heterocycles. The number of imidazole rings is 1. The van der Waals surface area contributed by atoms with Crippen LogP contribution in [0.25, 0.3) is 16.9 Å². The minimum Gasteiger partial charge on any atom is -0.497 e. The molecule has 1 N–H and O–H groups in total. The van der Waals surface area contributed by atoms with Gasteiger partial charge in [-0.15, -0.1) is 0 Å². The number of nitrogens with zero attached hydrogens (tertiary/aromatic N) is 2. The SMILES string of the molecule is COc1ccc(CC(=O)Nc2c(-c3cccc(F)c3)nc3cc(C)ccn23)cc1. The lowest BCUT2D eigenvalue weighted by Crippen LogP contribution is -2.16. The van der Waals surface area contributed by atoms with E-state index in [-0.39, 0.29) is 18.1 Å². The molecule has 0 bridgehead atoms. The zero-order chi connectivity index (χ0) is 20.4. The van der Waals surface area contributed by atoms with E-state index in [2.05, 4.69) is 10.3 Å². The third-order valence-corrected chi connectivity index (χ3v) is 4.66. The molecule has 0 aliphatic heterocycles. The summed E-state index contributed by atoms with van der Waals surface area (Å²) in [6.45, 7) is 1.97. The Hall–Kier alpha value is -3.67. The van der Waals surface area contributed by atoms with Crippen molar-refractivity contribution in [2.75, 3.05) is 12.4 Å². The number of methoxy groups -OCH3 is 1. The average molecular weight is 389 g/mol. The van der Waals surface area contributed by atoms with Crippen molar-refractivity contribution in [1.29, 1.82) is 0 Å². The Kier molecular flexibility index (Phi) is 4.99. The number of pyridine rings is 1. The first kappa shape index (κ1) is 18.7. The van der Waals surface area contributed by atoms with Crippen LogP contribution in [0.5, 0.6) is 5.75 Å². The number of rotatable bonds is 5. The van der Waals surface area contributed by atoms with Gasteiger partial charge in [0.25, 0.3) is 0 Å². The van der Waals surface area contributed by atoms with Gasteiger partial charge >= 0.3 is 0 Å². The molecule has 0 unspecified atom stereocenters. The zero-order valence-corrected chi connectivity index (χ0v) is 16.1. The first-order valence-corrected chi connectivity index (χ1v) is 9.21. The minimum absolute atomic E-state index is 0.185. The van der Waals surface area contributed by atoms with Gasteiger partial charge in [0.05, 0.1) is 13.5 Å². The van der Waals surface area contributed by atoms with Crippen LogP contribution in [0.1, 0.15) is 11.1 Å². The second kappa shape index (κ2) is 7.75. The number of carbonyl (C=O) groups is 1. The highest BCUT2D eigenvalue weighted by Gasteiger charge is 2.17. The van der Waals surface area contributed by atoms with E-state index in [0.717, 1.165) is 16.9 Å². The number of nitrogens with one attached hydrogen (secondary N) is 1. The van der Waals surface area contributed by atoms with Crippen molar-refractivity contribution in [1.82, 2.24) is 9.38 Å². The summed E-state index contributed by atoms with van der Waals surface area (Å²) in [5.74, 6) is 0.713. The number of hydrogen-bond donors (Lipinski definition) is 1. The summed E-state index contributed by atoms with van der Waals surface area (Å²) in [5, 5.41) is 2.96. The molecule has 6 heteroatoms. The van der Waals surface area contributed by atoms with Crippen molar-refractivity contribution in [3.8, 4) is 17.0 Å². The summed E-state index contributed by atoms with van der Waals surface area (Å²) < 4.78 is 20.7. The number of amides is 1. The van der Waals surface area contributed by atoms with Crippen LogP contribution in [0.4, 0.5) is 10.2 Å². The smallest absolute Gasteiger partial charge is 0.229 e. The molecule has 0 aliphatic carbocycles. The molecule has 0 radical (unpaired) electrons. The molecule has 0 spiro atoms. The highest BCUT2D eigenvalue weighted by molar-refractivity contribution is 5.95. The number of benzene rings is 2. The summed E-state index contributed by atoms with van der Waals surface area (Å²) in [6.07, 6.45) is 2.05. The quantitative estimate of drug-likeness (QED) is 0.541. The van der Waals surface area contributed by atoms with Crippen LogP contribution in [-0.2, 0) is 11.2 Å². The third-order valence-electron chi connectivity index (χ3n) is 4.66. The predicted molar refractivity (Wildman–Crippen MR) is 111 cm³/mol. The van der Waals surface area contributed by atoms with Gasteiger partial charge in [-0.05, 0) is 54.4 Å². The fraction of sp³-hybridized carbons (Fsp3) is 0.130. The molecule has 0 saturated heterocycles. The molecule has 29 heavy (non-hydrogen) atoms. The minimum atomic E-state index is -0.355. The number of aryl methyl sites for hydroxylation is 1. The molecule has 2 aromatic heterocycles. The lowest BCUT2D eigenvalue weighted by Gasteiger charge is -2.09. The van der Waals surface area contributed by atoms with E-state index < -0.39 is 0 Å². The molecule has 4 aromatic rings. The number of ether oxygens (including phenoxy) is 1. The van der Waals surface area contributed by atoms with Crippen LogP contribution in [0.2, 0.25) is 0 Å². The number of halogens is 1. The fourth-order valence-electron chi connectivity index (χ4n) is 3.21. The first-order chi connectivity index (χ1) is 14.0. The molecule has 1 amide bonds. The predicted octanol–water partition coefficient (Wildman–Crippen LogP) is 4.64. The van der Waals surface area contributed by atoms with E-state index in [1.807, 2.05) is 49.5 Å². The Morgan fingerprint density at radius 3 is 2.66 bits per heavy atom. The van der Waals surface area contributed by atoms with Crippen molar-refractivity contribution >= 4 is 17.4 Å². The number of hydrogen-bond acceptors (Lipinski definition) is 3. The fourth-order valence-corrected chi connectivity index (χ4v) is 3.21. The molecule has 2 aromatic carbocycles. The van der Waals surface area contributed by atoms with Gasteiger partial charge in [0, 0.05) is 11.8 Å². The van der Waals surface area contributed by atoms with Gasteiger partial charge < -0.3 is 10.1 Å². The Morgan fingerprint density at radius 2 is 1.93 bits per heavy atom. The summed E-state index contributed by atoms with van der Waals surface area (Å²) >= 11 is 0. The van der Waals surface area contributed by atoms with Gasteiger partial charge in [0.1, 0.15) is 28.7 Å². The molecule has 0 saturated carbocycles. The van der Waals surface area contributed by atoms with Crippen molar-refractivity contribution in [2.45, 2.75) is 13.3 Å². The van der Waals surface area contributed by atoms with Crippen LogP contribution in [0.3, 0.4) is 0 Å². The largest absolute Gasteiger partial charge is 0.497 e. The molecule has 0 atom stereocenters. The van der Waals surface area contributed by atoms with E-state index >= 15 is 0 Å². The van der Waals surface area contributed by atoms with Gasteiger partial charge in [0.15, 0.2) is 0 Å². The van der Waals surface area contributed by atoms with E-state index in [4.69, 9.17) is 4.74 Å². The highest BCUT2D eigenvalue weighted by atomic mass is 19.1. The molecule has 4 rings (SSSR count). The second-order valence-corrected chi connectivity index (χ2v) is 6.82. The Labute approximate surface area is 167 Å². The van der Waals surface area contributed by atoms with Crippen LogP contribution in [0.15, 0.2) is 66.9 Å². The van der Waals surface area contributed by atoms with Crippen LogP contribution in [0, 0.1) is 12.7 Å². The normalized spacial score (nSPS) is 10.9. The Bertz CT molecular complexity index is 1180. The summed E-state index contributed by atoms with van der Waals surface area (Å²) in [4.78, 5) is 17.4. The van der Waals surface area contributed by atoms with Gasteiger partial charge in [-0.1, -0.05) is 24.3 Å². The van der Waals surface area contributed by atoms with Crippen LogP contribution in [-0.4, -0.2) is 22.4 Å². The second-order valence-electron chi connectivity index (χ2n) is 6.82. The molecular formula is C23H20FN3O2. The lowest BCUT2D eigenvalue weighted by atomic mass is 10.1. The maximum atomic E-state index is 13.8. The van der Waals surface area contributed by atoms with Crippen molar-refractivity contribution in [3.05, 3.63) is 83.8 Å². The van der Waals surface area contributed by atoms with Gasteiger partial charge in [-0.3, -0.25) is 9.20 Å². The van der Waals surface area contributed by atoms with Crippen LogP contribution >= 0.6 is 0 Å². The van der Waals surface area contributed by atoms with Crippen molar-refractivity contribution in [3.63, 3.8) is 0 Å². The average Bonchev–Trinajstić information content (AvgIpc) is 3.06. The first-order valence-electron chi connectivity index (χ1n) is 9.21. The van der Waals surface area contributed by atoms with Crippen LogP contribution < -0.4 is 10.1 Å². The monoisotopic (exact) mass is 389 g/mol. The standard InChI is InChI=1S/C23H20FN3O2/c1-15-10-11-27-20(12-15)25-22(17-4-3-5-18(24)14-17)23(27)26-21(28)13-16-6-8-19(29-2)9-7-16/h3-12,14H,13H2,1-2H3,(H,26,28). The summed E-state index contributed by atoms with van der Waals surface area (Å²) in [5.41, 5.74) is 3.72. The van der Waals surface area contributed by atoms with Crippen molar-refractivity contribution < 1.29 is 13.9 Å². The zero-order valence-electron chi connectivity index (χ0n) is 16.1. The third kappa shape index (κ3) is 3.96. The Balaban J connectivity index is 1.69. The maximum Gasteiger partial charge on any atom is 0.229 e. The maximum absolute atomic E-state index is 13.8. The number of anilines is 1. The van der Waals surface area contributed by atoms with E-state index in [9.17, 15) is 9.18 Å². The topological polar surface area (TPSA) is 55.6 Å². The van der Waals surface area contributed by atoms with Gasteiger partial charge in [-0.25, -0.2) is 9.37 Å². The molecule has 146 valence electrons. The van der Waals surface area contributed by atoms with E-state index in [0.29, 0.717) is 22.7 Å². The van der Waals surface area contributed by atoms with Crippen molar-refractivity contribution in [2.24, 2.45) is 0 Å². The number of carbonyl (C=O) groups excluding carboxylic acids is 1. The molecule has 0 aliphatic rings.